The highest BCUT2D eigenvalue weighted by Crippen LogP contribution is 2.66. The van der Waals surface area contributed by atoms with Gasteiger partial charge in [0, 0.05) is 30.6 Å². The van der Waals surface area contributed by atoms with Gasteiger partial charge in [0.25, 0.3) is 0 Å². The van der Waals surface area contributed by atoms with Crippen LogP contribution in [0.15, 0.2) is 36.7 Å². The minimum absolute atomic E-state index is 0.0872. The molecule has 3 aliphatic carbocycles. The fraction of sp³-hybridized carbons (Fsp3) is 0.667. The van der Waals surface area contributed by atoms with Crippen LogP contribution in [-0.2, 0) is 9.59 Å². The molecule has 0 unspecified atom stereocenters. The number of pyridine rings is 1. The quantitative estimate of drug-likeness (QED) is 0.719. The van der Waals surface area contributed by atoms with Gasteiger partial charge in [0.2, 0.25) is 11.8 Å². The van der Waals surface area contributed by atoms with Gasteiger partial charge in [0.15, 0.2) is 0 Å². The molecule has 2 heterocycles. The summed E-state index contributed by atoms with van der Waals surface area (Å²) < 4.78 is 0. The van der Waals surface area contributed by atoms with Crippen molar-refractivity contribution in [2.75, 3.05) is 11.9 Å². The van der Waals surface area contributed by atoms with E-state index in [0.717, 1.165) is 25.1 Å². The van der Waals surface area contributed by atoms with E-state index in [1.54, 1.807) is 12.4 Å². The lowest BCUT2D eigenvalue weighted by atomic mass is 9.47. The number of likely N-dealkylation sites (N-methyl/N-ethyl adjacent to an activating group) is 1. The predicted molar refractivity (Wildman–Crippen MR) is 126 cm³/mol. The third kappa shape index (κ3) is 3.31. The Morgan fingerprint density at radius 2 is 2.03 bits per heavy atom. The summed E-state index contributed by atoms with van der Waals surface area (Å²) in [7, 11) is 0. The van der Waals surface area contributed by atoms with Crippen molar-refractivity contribution in [2.45, 2.75) is 71.8 Å². The van der Waals surface area contributed by atoms with Gasteiger partial charge in [-0.15, -0.1) is 0 Å². The molecule has 5 rings (SSSR count). The average molecular weight is 436 g/mol. The molecule has 0 bridgehead atoms. The van der Waals surface area contributed by atoms with Crippen molar-refractivity contribution in [1.29, 1.82) is 0 Å². The van der Waals surface area contributed by atoms with Crippen LogP contribution in [0.25, 0.3) is 0 Å². The second-order valence-corrected chi connectivity index (χ2v) is 11.1. The van der Waals surface area contributed by atoms with Crippen LogP contribution in [0.5, 0.6) is 0 Å². The molecule has 0 saturated heterocycles. The van der Waals surface area contributed by atoms with Gasteiger partial charge in [-0.2, -0.15) is 0 Å². The van der Waals surface area contributed by atoms with E-state index < -0.39 is 0 Å². The first-order chi connectivity index (χ1) is 15.4. The Hall–Kier alpha value is -2.17. The Bertz CT molecular complexity index is 915. The summed E-state index contributed by atoms with van der Waals surface area (Å²) in [6.07, 6.45) is 15.3. The van der Waals surface area contributed by atoms with Crippen molar-refractivity contribution in [1.82, 2.24) is 9.88 Å². The molecule has 32 heavy (non-hydrogen) atoms. The molecule has 5 nitrogen and oxygen atoms in total. The zero-order valence-electron chi connectivity index (χ0n) is 19.7. The highest BCUT2D eigenvalue weighted by atomic mass is 16.2. The lowest BCUT2D eigenvalue weighted by Gasteiger charge is -2.60. The number of nitrogens with zero attached hydrogens (tertiary/aromatic N) is 2. The van der Waals surface area contributed by atoms with Crippen molar-refractivity contribution in [3.05, 3.63) is 36.7 Å². The second-order valence-electron chi connectivity index (χ2n) is 11.1. The Morgan fingerprint density at radius 1 is 1.19 bits per heavy atom. The molecule has 0 aromatic carbocycles. The molecule has 7 atom stereocenters. The molecule has 1 aliphatic heterocycles. The zero-order chi connectivity index (χ0) is 22.5. The number of hydrogen-bond donors (Lipinski definition) is 1. The van der Waals surface area contributed by atoms with Gasteiger partial charge < -0.3 is 10.2 Å². The molecule has 1 aromatic heterocycles. The van der Waals surface area contributed by atoms with Crippen molar-refractivity contribution in [2.24, 2.45) is 34.5 Å². The third-order valence-electron chi connectivity index (χ3n) is 9.89. The molecule has 5 heteroatoms. The van der Waals surface area contributed by atoms with Gasteiger partial charge in [-0.05, 0) is 92.7 Å². The highest BCUT2D eigenvalue weighted by molar-refractivity contribution is 5.90. The van der Waals surface area contributed by atoms with Crippen LogP contribution in [0, 0.1) is 34.5 Å². The Labute approximate surface area is 192 Å². The van der Waals surface area contributed by atoms with E-state index in [0.29, 0.717) is 36.1 Å². The summed E-state index contributed by atoms with van der Waals surface area (Å²) in [5.74, 6) is 2.80. The second kappa shape index (κ2) is 8.00. The number of fused-ring (bicyclic) bond motifs is 5. The maximum Gasteiger partial charge on any atom is 0.246 e. The number of aromatic nitrogens is 1. The molecule has 4 aliphatic rings. The molecular formula is C27H37N3O2. The van der Waals surface area contributed by atoms with Gasteiger partial charge in [-0.25, -0.2) is 0 Å². The van der Waals surface area contributed by atoms with E-state index in [9.17, 15) is 9.59 Å². The number of rotatable bonds is 4. The van der Waals surface area contributed by atoms with Gasteiger partial charge in [0.05, 0.1) is 11.9 Å². The number of nitrogens with one attached hydrogen (secondary N) is 1. The standard InChI is InChI=1S/C27H37N3O2/c1-4-30-23-10-8-20-21-9-7-18(16-24(31)29-19-6-5-15-28-17-19)26(21,2)13-11-22(20)27(23,3)14-12-25(30)32/h5-6,12,14-15,17-18,20-23H,4,7-11,13,16H2,1-3H3,(H,29,31)/t18-,20+,21+,22+,23-,26-,27-/m1/s1. The molecule has 2 amide bonds. The zero-order valence-corrected chi connectivity index (χ0v) is 19.7. The Balaban J connectivity index is 1.32. The molecule has 1 aromatic rings. The first-order valence-electron chi connectivity index (χ1n) is 12.6. The van der Waals surface area contributed by atoms with Crippen molar-refractivity contribution < 1.29 is 9.59 Å². The van der Waals surface area contributed by atoms with E-state index in [1.807, 2.05) is 18.2 Å². The first kappa shape index (κ1) is 21.7. The van der Waals surface area contributed by atoms with E-state index in [-0.39, 0.29) is 22.6 Å². The van der Waals surface area contributed by atoms with E-state index in [1.165, 1.54) is 25.7 Å². The maximum atomic E-state index is 12.8. The van der Waals surface area contributed by atoms with Gasteiger partial charge in [-0.1, -0.05) is 19.9 Å². The summed E-state index contributed by atoms with van der Waals surface area (Å²) in [5, 5.41) is 3.05. The van der Waals surface area contributed by atoms with Crippen molar-refractivity contribution >= 4 is 17.5 Å². The summed E-state index contributed by atoms with van der Waals surface area (Å²) in [4.78, 5) is 31.5. The highest BCUT2D eigenvalue weighted by Gasteiger charge is 2.60. The number of amides is 2. The van der Waals surface area contributed by atoms with Gasteiger partial charge in [0.1, 0.15) is 0 Å². The fourth-order valence-corrected chi connectivity index (χ4v) is 8.29. The van der Waals surface area contributed by atoms with Crippen LogP contribution in [-0.4, -0.2) is 34.3 Å². The number of hydrogen-bond acceptors (Lipinski definition) is 3. The SMILES string of the molecule is CCN1C(=O)C=C[C@]2(C)[C@H]3CC[C@]4(C)[C@@H](CC(=O)Nc5cccnc5)CC[C@H]4[C@@H]3CC[C@@H]12. The molecule has 172 valence electrons. The lowest BCUT2D eigenvalue weighted by Crippen LogP contribution is -2.60. The van der Waals surface area contributed by atoms with Crippen LogP contribution >= 0.6 is 0 Å². The van der Waals surface area contributed by atoms with E-state index in [4.69, 9.17) is 0 Å². The maximum absolute atomic E-state index is 12.8. The van der Waals surface area contributed by atoms with Crippen LogP contribution < -0.4 is 5.32 Å². The average Bonchev–Trinajstić information content (AvgIpc) is 3.11. The summed E-state index contributed by atoms with van der Waals surface area (Å²) >= 11 is 0. The number of carbonyl (C=O) groups is 2. The predicted octanol–water partition coefficient (Wildman–Crippen LogP) is 5.06. The Morgan fingerprint density at radius 3 is 2.78 bits per heavy atom. The lowest BCUT2D eigenvalue weighted by molar-refractivity contribution is -0.141. The molecule has 0 spiro atoms. The minimum Gasteiger partial charge on any atom is -0.336 e. The Kier molecular flexibility index (Phi) is 5.42. The molecule has 0 radical (unpaired) electrons. The monoisotopic (exact) mass is 435 g/mol. The number of carbonyl (C=O) groups excluding carboxylic acids is 2. The van der Waals surface area contributed by atoms with Crippen molar-refractivity contribution in [3.63, 3.8) is 0 Å². The molecule has 3 saturated carbocycles. The summed E-state index contributed by atoms with van der Waals surface area (Å²) in [5.41, 5.74) is 1.12. The van der Waals surface area contributed by atoms with Crippen LogP contribution in [0.1, 0.15) is 65.7 Å². The minimum atomic E-state index is 0.0872. The topological polar surface area (TPSA) is 62.3 Å². The largest absolute Gasteiger partial charge is 0.336 e. The number of anilines is 1. The van der Waals surface area contributed by atoms with E-state index >= 15 is 0 Å². The normalized spacial score (nSPS) is 40.4. The third-order valence-corrected chi connectivity index (χ3v) is 9.89. The molecule has 3 fully saturated rings. The van der Waals surface area contributed by atoms with Gasteiger partial charge in [-0.3, -0.25) is 14.6 Å². The van der Waals surface area contributed by atoms with E-state index in [2.05, 4.69) is 42.0 Å². The van der Waals surface area contributed by atoms with Crippen molar-refractivity contribution in [3.8, 4) is 0 Å². The van der Waals surface area contributed by atoms with Gasteiger partial charge >= 0.3 is 0 Å². The summed E-state index contributed by atoms with van der Waals surface area (Å²) in [6, 6.07) is 4.10. The summed E-state index contributed by atoms with van der Waals surface area (Å²) in [6.45, 7) is 7.79. The van der Waals surface area contributed by atoms with Crippen LogP contribution in [0.4, 0.5) is 5.69 Å². The molecular weight excluding hydrogens is 398 g/mol. The van der Waals surface area contributed by atoms with Crippen LogP contribution in [0.2, 0.25) is 0 Å². The fourth-order valence-electron chi connectivity index (χ4n) is 8.29. The first-order valence-corrected chi connectivity index (χ1v) is 12.6. The smallest absolute Gasteiger partial charge is 0.246 e. The van der Waals surface area contributed by atoms with Crippen LogP contribution in [0.3, 0.4) is 0 Å². The molecule has 1 N–H and O–H groups in total.